The van der Waals surface area contributed by atoms with Crippen LogP contribution in [0.2, 0.25) is 0 Å². The summed E-state index contributed by atoms with van der Waals surface area (Å²) in [6.07, 6.45) is 3.15. The van der Waals surface area contributed by atoms with Crippen LogP contribution in [0.1, 0.15) is 31.4 Å². The van der Waals surface area contributed by atoms with Crippen LogP contribution in [0.15, 0.2) is 42.6 Å². The van der Waals surface area contributed by atoms with Crippen LogP contribution >= 0.6 is 0 Å². The second-order valence-electron chi connectivity index (χ2n) is 5.60. The highest BCUT2D eigenvalue weighted by Gasteiger charge is 2.06. The lowest BCUT2D eigenvalue weighted by molar-refractivity contribution is -0.115. The Balaban J connectivity index is 1.91. The van der Waals surface area contributed by atoms with Gasteiger partial charge in [0.05, 0.1) is 18.3 Å². The highest BCUT2D eigenvalue weighted by molar-refractivity contribution is 5.91. The van der Waals surface area contributed by atoms with Gasteiger partial charge in [0, 0.05) is 6.04 Å². The third kappa shape index (κ3) is 4.88. The predicted molar refractivity (Wildman–Crippen MR) is 91.1 cm³/mol. The Morgan fingerprint density at radius 2 is 2.09 bits per heavy atom. The maximum Gasteiger partial charge on any atom is 0.229 e. The zero-order valence-electron chi connectivity index (χ0n) is 13.4. The number of pyridine rings is 1. The van der Waals surface area contributed by atoms with Crippen LogP contribution in [0, 0.1) is 6.92 Å². The summed E-state index contributed by atoms with van der Waals surface area (Å²) >= 11 is 0. The number of amides is 1. The van der Waals surface area contributed by atoms with Crippen molar-refractivity contribution >= 4 is 17.4 Å². The van der Waals surface area contributed by atoms with E-state index < -0.39 is 0 Å². The largest absolute Gasteiger partial charge is 0.381 e. The zero-order valence-corrected chi connectivity index (χ0v) is 13.4. The molecular weight excluding hydrogens is 274 g/mol. The highest BCUT2D eigenvalue weighted by atomic mass is 16.1. The summed E-state index contributed by atoms with van der Waals surface area (Å²) in [5.41, 5.74) is 3.13. The Morgan fingerprint density at radius 3 is 2.73 bits per heavy atom. The fourth-order valence-electron chi connectivity index (χ4n) is 2.13. The fraction of sp³-hybridized carbons (Fsp3) is 0.333. The number of nitrogens with one attached hydrogen (secondary N) is 2. The van der Waals surface area contributed by atoms with Crippen LogP contribution in [0.4, 0.5) is 11.5 Å². The maximum atomic E-state index is 12.0. The molecule has 0 bridgehead atoms. The first-order valence-corrected chi connectivity index (χ1v) is 7.65. The average Bonchev–Trinajstić information content (AvgIpc) is 2.49. The molecule has 0 saturated carbocycles. The van der Waals surface area contributed by atoms with Gasteiger partial charge >= 0.3 is 0 Å². The molecule has 0 saturated heterocycles. The fourth-order valence-corrected chi connectivity index (χ4v) is 2.13. The molecule has 2 rings (SSSR count). The second kappa shape index (κ2) is 7.59. The monoisotopic (exact) mass is 297 g/mol. The first-order chi connectivity index (χ1) is 10.6. The number of carbonyl (C=O) groups is 1. The SMILES string of the molecule is CCC(C)Nc1ccc(NC(=O)Cc2cccc(C)c2)nc1. The molecular formula is C18H23N3O. The van der Waals surface area contributed by atoms with Crippen molar-refractivity contribution in [3.8, 4) is 0 Å². The van der Waals surface area contributed by atoms with Crippen LogP contribution in [0.5, 0.6) is 0 Å². The number of carbonyl (C=O) groups excluding carboxylic acids is 1. The van der Waals surface area contributed by atoms with Crippen LogP contribution < -0.4 is 10.6 Å². The lowest BCUT2D eigenvalue weighted by Crippen LogP contribution is -2.16. The molecule has 0 aliphatic rings. The summed E-state index contributed by atoms with van der Waals surface area (Å²) in [5, 5.41) is 6.17. The van der Waals surface area contributed by atoms with E-state index in [2.05, 4.69) is 29.5 Å². The van der Waals surface area contributed by atoms with Gasteiger partial charge in [-0.3, -0.25) is 4.79 Å². The van der Waals surface area contributed by atoms with Gasteiger partial charge in [0.2, 0.25) is 5.91 Å². The minimum Gasteiger partial charge on any atom is -0.381 e. The van der Waals surface area contributed by atoms with E-state index in [1.807, 2.05) is 43.3 Å². The smallest absolute Gasteiger partial charge is 0.229 e. The zero-order chi connectivity index (χ0) is 15.9. The maximum absolute atomic E-state index is 12.0. The van der Waals surface area contributed by atoms with Crippen molar-refractivity contribution in [3.05, 3.63) is 53.7 Å². The summed E-state index contributed by atoms with van der Waals surface area (Å²) in [4.78, 5) is 16.3. The van der Waals surface area contributed by atoms with E-state index in [1.54, 1.807) is 6.20 Å². The second-order valence-corrected chi connectivity index (χ2v) is 5.60. The van der Waals surface area contributed by atoms with Gasteiger partial charge in [-0.1, -0.05) is 36.8 Å². The number of aromatic nitrogens is 1. The molecule has 116 valence electrons. The van der Waals surface area contributed by atoms with Crippen LogP contribution in [0.25, 0.3) is 0 Å². The van der Waals surface area contributed by atoms with Crippen molar-refractivity contribution in [2.75, 3.05) is 10.6 Å². The summed E-state index contributed by atoms with van der Waals surface area (Å²) in [5.74, 6) is 0.521. The van der Waals surface area contributed by atoms with E-state index in [0.717, 1.165) is 23.2 Å². The number of hydrogen-bond acceptors (Lipinski definition) is 3. The van der Waals surface area contributed by atoms with Crippen molar-refractivity contribution < 1.29 is 4.79 Å². The van der Waals surface area contributed by atoms with Crippen LogP contribution in [-0.2, 0) is 11.2 Å². The van der Waals surface area contributed by atoms with Crippen LogP contribution in [0.3, 0.4) is 0 Å². The summed E-state index contributed by atoms with van der Waals surface area (Å²) < 4.78 is 0. The van der Waals surface area contributed by atoms with Gasteiger partial charge in [-0.2, -0.15) is 0 Å². The Kier molecular flexibility index (Phi) is 5.53. The Morgan fingerprint density at radius 1 is 1.27 bits per heavy atom. The standard InChI is InChI=1S/C18H23N3O/c1-4-14(3)20-16-8-9-17(19-12-16)21-18(22)11-15-7-5-6-13(2)10-15/h5-10,12,14,20H,4,11H2,1-3H3,(H,19,21,22). The van der Waals surface area contributed by atoms with Crippen molar-refractivity contribution in [1.82, 2.24) is 4.98 Å². The molecule has 4 heteroatoms. The molecule has 0 aliphatic carbocycles. The molecule has 0 aliphatic heterocycles. The molecule has 1 aromatic carbocycles. The molecule has 0 spiro atoms. The normalized spacial score (nSPS) is 11.8. The minimum absolute atomic E-state index is 0.0549. The van der Waals surface area contributed by atoms with Crippen molar-refractivity contribution in [2.24, 2.45) is 0 Å². The highest BCUT2D eigenvalue weighted by Crippen LogP contribution is 2.12. The lowest BCUT2D eigenvalue weighted by atomic mass is 10.1. The van der Waals surface area contributed by atoms with Gasteiger partial charge in [0.25, 0.3) is 0 Å². The summed E-state index contributed by atoms with van der Waals surface area (Å²) in [6, 6.07) is 12.1. The quantitative estimate of drug-likeness (QED) is 0.853. The molecule has 1 atom stereocenters. The molecule has 2 N–H and O–H groups in total. The van der Waals surface area contributed by atoms with Gasteiger partial charge in [-0.05, 0) is 38.0 Å². The van der Waals surface area contributed by atoms with E-state index in [9.17, 15) is 4.79 Å². The van der Waals surface area contributed by atoms with Gasteiger partial charge in [0.15, 0.2) is 0 Å². The van der Waals surface area contributed by atoms with E-state index in [1.165, 1.54) is 0 Å². The molecule has 2 aromatic rings. The minimum atomic E-state index is -0.0549. The number of benzene rings is 1. The van der Waals surface area contributed by atoms with Crippen molar-refractivity contribution in [1.29, 1.82) is 0 Å². The molecule has 0 fully saturated rings. The molecule has 4 nitrogen and oxygen atoms in total. The van der Waals surface area contributed by atoms with Gasteiger partial charge in [0.1, 0.15) is 5.82 Å². The molecule has 0 radical (unpaired) electrons. The average molecular weight is 297 g/mol. The number of anilines is 2. The Bertz CT molecular complexity index is 622. The predicted octanol–water partition coefficient (Wildman–Crippen LogP) is 3.78. The number of hydrogen-bond donors (Lipinski definition) is 2. The first kappa shape index (κ1) is 16.0. The molecule has 1 amide bonds. The van der Waals surface area contributed by atoms with E-state index >= 15 is 0 Å². The molecule has 1 aromatic heterocycles. The number of rotatable bonds is 6. The molecule has 22 heavy (non-hydrogen) atoms. The first-order valence-electron chi connectivity index (χ1n) is 7.65. The van der Waals surface area contributed by atoms with Crippen LogP contribution in [-0.4, -0.2) is 16.9 Å². The Labute approximate surface area is 132 Å². The summed E-state index contributed by atoms with van der Waals surface area (Å²) in [7, 11) is 0. The van der Waals surface area contributed by atoms with Gasteiger partial charge in [-0.25, -0.2) is 4.98 Å². The van der Waals surface area contributed by atoms with Crippen molar-refractivity contribution in [3.63, 3.8) is 0 Å². The number of aryl methyl sites for hydroxylation is 1. The molecule has 1 unspecified atom stereocenters. The number of nitrogens with zero attached hydrogens (tertiary/aromatic N) is 1. The topological polar surface area (TPSA) is 54.0 Å². The van der Waals surface area contributed by atoms with Gasteiger partial charge in [-0.15, -0.1) is 0 Å². The molecule has 1 heterocycles. The van der Waals surface area contributed by atoms with E-state index in [4.69, 9.17) is 0 Å². The lowest BCUT2D eigenvalue weighted by Gasteiger charge is -2.13. The van der Waals surface area contributed by atoms with Gasteiger partial charge < -0.3 is 10.6 Å². The van der Waals surface area contributed by atoms with E-state index in [0.29, 0.717) is 18.3 Å². The van der Waals surface area contributed by atoms with E-state index in [-0.39, 0.29) is 5.91 Å². The third-order valence-electron chi connectivity index (χ3n) is 3.50. The third-order valence-corrected chi connectivity index (χ3v) is 3.50. The summed E-state index contributed by atoms with van der Waals surface area (Å²) in [6.45, 7) is 6.27. The van der Waals surface area contributed by atoms with Crippen molar-refractivity contribution in [2.45, 2.75) is 39.7 Å². The Hall–Kier alpha value is -2.36.